The van der Waals surface area contributed by atoms with Gasteiger partial charge in [0.1, 0.15) is 0 Å². The zero-order valence-electron chi connectivity index (χ0n) is 12.7. The van der Waals surface area contributed by atoms with Crippen LogP contribution in [0.2, 0.25) is 0 Å². The number of esters is 1. The first-order valence-electron chi connectivity index (χ1n) is 7.23. The van der Waals surface area contributed by atoms with Crippen LogP contribution in [0.15, 0.2) is 48.8 Å². The summed E-state index contributed by atoms with van der Waals surface area (Å²) in [5.41, 5.74) is 1.53. The van der Waals surface area contributed by atoms with Crippen LogP contribution in [-0.4, -0.2) is 27.3 Å². The molecule has 1 aromatic carbocycles. The molecule has 0 aliphatic carbocycles. The van der Waals surface area contributed by atoms with Crippen LogP contribution in [0.25, 0.3) is 16.9 Å². The van der Waals surface area contributed by atoms with Crippen molar-refractivity contribution >= 4 is 5.97 Å². The van der Waals surface area contributed by atoms with Crippen molar-refractivity contribution < 1.29 is 18.3 Å². The van der Waals surface area contributed by atoms with E-state index in [0.29, 0.717) is 11.3 Å². The fourth-order valence-corrected chi connectivity index (χ4v) is 2.22. The molecular formula is C17H13F2N3O2. The number of pyridine rings is 1. The molecule has 2 aromatic heterocycles. The second-order valence-corrected chi connectivity index (χ2v) is 4.89. The van der Waals surface area contributed by atoms with Crippen molar-refractivity contribution in [3.05, 3.63) is 66.1 Å². The molecule has 0 saturated heterocycles. The van der Waals surface area contributed by atoms with Gasteiger partial charge in [0.25, 0.3) is 0 Å². The molecule has 24 heavy (non-hydrogen) atoms. The van der Waals surface area contributed by atoms with Crippen molar-refractivity contribution in [3.63, 3.8) is 0 Å². The number of nitrogens with zero attached hydrogens (tertiary/aromatic N) is 3. The quantitative estimate of drug-likeness (QED) is 0.689. The summed E-state index contributed by atoms with van der Waals surface area (Å²) < 4.78 is 33.0. The smallest absolute Gasteiger partial charge is 0.358 e. The van der Waals surface area contributed by atoms with Gasteiger partial charge in [-0.05, 0) is 37.3 Å². The first-order chi connectivity index (χ1) is 11.6. The molecule has 122 valence electrons. The van der Waals surface area contributed by atoms with Crippen LogP contribution in [0.3, 0.4) is 0 Å². The molecule has 0 radical (unpaired) electrons. The first-order valence-corrected chi connectivity index (χ1v) is 7.23. The molecule has 0 saturated carbocycles. The summed E-state index contributed by atoms with van der Waals surface area (Å²) in [5, 5.41) is 4.17. The first kappa shape index (κ1) is 15.8. The normalized spacial score (nSPS) is 10.6. The summed E-state index contributed by atoms with van der Waals surface area (Å²) in [6.45, 7) is 1.89. The number of hydrogen-bond donors (Lipinski definition) is 0. The monoisotopic (exact) mass is 329 g/mol. The Morgan fingerprint density at radius 1 is 1.21 bits per heavy atom. The number of hydrogen-bond acceptors (Lipinski definition) is 4. The third-order valence-corrected chi connectivity index (χ3v) is 3.30. The molecule has 0 unspecified atom stereocenters. The number of ether oxygens (including phenoxy) is 1. The molecule has 0 N–H and O–H groups in total. The summed E-state index contributed by atoms with van der Waals surface area (Å²) in [6.07, 6.45) is 3.19. The Hall–Kier alpha value is -3.09. The number of carbonyl (C=O) groups is 1. The maximum Gasteiger partial charge on any atom is 0.358 e. The van der Waals surface area contributed by atoms with Gasteiger partial charge in [0.15, 0.2) is 17.3 Å². The van der Waals surface area contributed by atoms with Crippen LogP contribution >= 0.6 is 0 Å². The maximum absolute atomic E-state index is 13.6. The van der Waals surface area contributed by atoms with Gasteiger partial charge in [-0.25, -0.2) is 18.3 Å². The highest BCUT2D eigenvalue weighted by molar-refractivity contribution is 5.89. The van der Waals surface area contributed by atoms with Crippen LogP contribution in [0, 0.1) is 11.6 Å². The SMILES string of the molecule is CCOC(=O)c1cc(-c2cccnc2)n(-c2ccc(F)c(F)c2)n1. The van der Waals surface area contributed by atoms with Crippen molar-refractivity contribution in [2.45, 2.75) is 6.92 Å². The van der Waals surface area contributed by atoms with Crippen molar-refractivity contribution in [1.82, 2.24) is 14.8 Å². The maximum atomic E-state index is 13.6. The Morgan fingerprint density at radius 2 is 2.04 bits per heavy atom. The highest BCUT2D eigenvalue weighted by atomic mass is 19.2. The van der Waals surface area contributed by atoms with Crippen molar-refractivity contribution in [2.24, 2.45) is 0 Å². The lowest BCUT2D eigenvalue weighted by molar-refractivity contribution is 0.0519. The molecule has 2 heterocycles. The lowest BCUT2D eigenvalue weighted by atomic mass is 10.2. The number of rotatable bonds is 4. The molecule has 0 aliphatic heterocycles. The van der Waals surface area contributed by atoms with E-state index >= 15 is 0 Å². The van der Waals surface area contributed by atoms with Gasteiger partial charge in [-0.3, -0.25) is 4.98 Å². The van der Waals surface area contributed by atoms with Crippen LogP contribution < -0.4 is 0 Å². The summed E-state index contributed by atoms with van der Waals surface area (Å²) in [4.78, 5) is 16.0. The molecule has 0 aliphatic rings. The number of benzene rings is 1. The Morgan fingerprint density at radius 3 is 2.71 bits per heavy atom. The van der Waals surface area contributed by atoms with Gasteiger partial charge in [0, 0.05) is 24.0 Å². The van der Waals surface area contributed by atoms with E-state index in [9.17, 15) is 13.6 Å². The minimum Gasteiger partial charge on any atom is -0.461 e. The molecule has 3 rings (SSSR count). The number of halogens is 2. The molecule has 5 nitrogen and oxygen atoms in total. The average molecular weight is 329 g/mol. The highest BCUT2D eigenvalue weighted by Gasteiger charge is 2.18. The molecule has 0 atom stereocenters. The highest BCUT2D eigenvalue weighted by Crippen LogP contribution is 2.24. The summed E-state index contributed by atoms with van der Waals surface area (Å²) in [7, 11) is 0. The predicted molar refractivity (Wildman–Crippen MR) is 82.7 cm³/mol. The second-order valence-electron chi connectivity index (χ2n) is 4.89. The summed E-state index contributed by atoms with van der Waals surface area (Å²) in [6, 6.07) is 8.41. The second kappa shape index (κ2) is 6.57. The summed E-state index contributed by atoms with van der Waals surface area (Å²) >= 11 is 0. The largest absolute Gasteiger partial charge is 0.461 e. The van der Waals surface area contributed by atoms with Crippen molar-refractivity contribution in [3.8, 4) is 16.9 Å². The third kappa shape index (κ3) is 3.01. The van der Waals surface area contributed by atoms with Gasteiger partial charge >= 0.3 is 5.97 Å². The zero-order valence-corrected chi connectivity index (χ0v) is 12.7. The lowest BCUT2D eigenvalue weighted by Crippen LogP contribution is -2.07. The molecular weight excluding hydrogens is 316 g/mol. The Kier molecular flexibility index (Phi) is 4.33. The van der Waals surface area contributed by atoms with E-state index in [4.69, 9.17) is 4.74 Å². The summed E-state index contributed by atoms with van der Waals surface area (Å²) in [5.74, 6) is -2.55. The van der Waals surface area contributed by atoms with Gasteiger partial charge in [-0.2, -0.15) is 5.10 Å². The van der Waals surface area contributed by atoms with Gasteiger partial charge in [0.2, 0.25) is 0 Å². The number of aromatic nitrogens is 3. The minimum absolute atomic E-state index is 0.0698. The lowest BCUT2D eigenvalue weighted by Gasteiger charge is -2.07. The van der Waals surface area contributed by atoms with Gasteiger partial charge < -0.3 is 4.74 Å². The van der Waals surface area contributed by atoms with Crippen LogP contribution in [0.1, 0.15) is 17.4 Å². The average Bonchev–Trinajstić information content (AvgIpc) is 3.04. The van der Waals surface area contributed by atoms with E-state index in [0.717, 1.165) is 12.1 Å². The van der Waals surface area contributed by atoms with E-state index in [1.54, 1.807) is 31.5 Å². The molecule has 7 heteroatoms. The van der Waals surface area contributed by atoms with Crippen LogP contribution in [-0.2, 0) is 4.74 Å². The predicted octanol–water partition coefficient (Wildman–Crippen LogP) is 3.39. The topological polar surface area (TPSA) is 57.0 Å². The third-order valence-electron chi connectivity index (χ3n) is 3.30. The van der Waals surface area contributed by atoms with Crippen LogP contribution in [0.5, 0.6) is 0 Å². The van der Waals surface area contributed by atoms with Gasteiger partial charge in [0.05, 0.1) is 18.0 Å². The molecule has 3 aromatic rings. The van der Waals surface area contributed by atoms with Gasteiger partial charge in [-0.15, -0.1) is 0 Å². The number of carbonyl (C=O) groups excluding carboxylic acids is 1. The fourth-order valence-electron chi connectivity index (χ4n) is 2.22. The molecule has 0 spiro atoms. The van der Waals surface area contributed by atoms with Crippen molar-refractivity contribution in [2.75, 3.05) is 6.61 Å². The van der Waals surface area contributed by atoms with E-state index in [1.807, 2.05) is 0 Å². The van der Waals surface area contributed by atoms with Gasteiger partial charge in [-0.1, -0.05) is 0 Å². The minimum atomic E-state index is -1.00. The van der Waals surface area contributed by atoms with E-state index in [-0.39, 0.29) is 18.0 Å². The van der Waals surface area contributed by atoms with E-state index in [2.05, 4.69) is 10.1 Å². The zero-order chi connectivity index (χ0) is 17.1. The fraction of sp³-hybridized carbons (Fsp3) is 0.118. The molecule has 0 amide bonds. The Balaban J connectivity index is 2.15. The standard InChI is InChI=1S/C17H13F2N3O2/c1-2-24-17(23)15-9-16(11-4-3-7-20-10-11)22(21-15)12-5-6-13(18)14(19)8-12/h3-10H,2H2,1H3. The van der Waals surface area contributed by atoms with Crippen LogP contribution in [0.4, 0.5) is 8.78 Å². The Bertz CT molecular complexity index is 879. The van der Waals surface area contributed by atoms with E-state index in [1.165, 1.54) is 16.8 Å². The van der Waals surface area contributed by atoms with Crippen molar-refractivity contribution in [1.29, 1.82) is 0 Å². The molecule has 0 bridgehead atoms. The van der Waals surface area contributed by atoms with E-state index < -0.39 is 17.6 Å². The molecule has 0 fully saturated rings. The Labute approximate surface area is 136 Å².